The van der Waals surface area contributed by atoms with Crippen molar-refractivity contribution in [2.45, 2.75) is 4.90 Å². The number of sulfonamides is 1. The minimum Gasteiger partial charge on any atom is -0.504 e. The molecule has 3 rings (SSSR count). The number of fused-ring (bicyclic) bond motifs is 3. The van der Waals surface area contributed by atoms with Crippen LogP contribution >= 0.6 is 0 Å². The molecule has 2 heterocycles. The van der Waals surface area contributed by atoms with E-state index in [4.69, 9.17) is 5.11 Å². The summed E-state index contributed by atoms with van der Waals surface area (Å²) in [6.07, 6.45) is 0. The smallest absolute Gasteiger partial charge is 0.356 e. The molecule has 0 amide bonds. The molecule has 0 saturated heterocycles. The number of aliphatic carboxylic acids is 1. The predicted molar refractivity (Wildman–Crippen MR) is 70.4 cm³/mol. The van der Waals surface area contributed by atoms with Crippen molar-refractivity contribution in [2.24, 2.45) is 7.05 Å². The molecule has 8 heteroatoms. The summed E-state index contributed by atoms with van der Waals surface area (Å²) in [7, 11) is -2.48. The maximum atomic E-state index is 12.2. The lowest BCUT2D eigenvalue weighted by Crippen LogP contribution is -2.33. The number of para-hydroxylation sites is 1. The average molecular weight is 294 g/mol. The van der Waals surface area contributed by atoms with Gasteiger partial charge in [-0.15, -0.1) is 0 Å². The van der Waals surface area contributed by atoms with Crippen molar-refractivity contribution in [3.8, 4) is 0 Å². The van der Waals surface area contributed by atoms with Crippen molar-refractivity contribution in [3.63, 3.8) is 0 Å². The molecule has 104 valence electrons. The van der Waals surface area contributed by atoms with Gasteiger partial charge in [-0.2, -0.15) is 0 Å². The molecular formula is C12H10N2O5S. The number of benzene rings is 1. The highest BCUT2D eigenvalue weighted by molar-refractivity contribution is 7.90. The van der Waals surface area contributed by atoms with Crippen molar-refractivity contribution in [3.05, 3.63) is 35.7 Å². The highest BCUT2D eigenvalue weighted by Crippen LogP contribution is 2.36. The van der Waals surface area contributed by atoms with Crippen molar-refractivity contribution in [2.75, 3.05) is 0 Å². The van der Waals surface area contributed by atoms with Gasteiger partial charge in [0.2, 0.25) is 0 Å². The van der Waals surface area contributed by atoms with Gasteiger partial charge < -0.3 is 14.8 Å². The highest BCUT2D eigenvalue weighted by Gasteiger charge is 2.37. The molecule has 1 aromatic carbocycles. The van der Waals surface area contributed by atoms with Crippen LogP contribution in [0.15, 0.2) is 34.9 Å². The first-order chi connectivity index (χ1) is 9.34. The third kappa shape index (κ3) is 1.45. The Bertz CT molecular complexity index is 892. The zero-order valence-electron chi connectivity index (χ0n) is 10.3. The van der Waals surface area contributed by atoms with E-state index in [1.165, 1.54) is 4.57 Å². The van der Waals surface area contributed by atoms with E-state index in [-0.39, 0.29) is 10.6 Å². The largest absolute Gasteiger partial charge is 0.504 e. The number of aromatic nitrogens is 1. The fourth-order valence-corrected chi connectivity index (χ4v) is 3.90. The standard InChI is InChI=1S/C12H10N2O5S/c1-14-7-5-3-2-4-6(7)11-9(14)10(15)8(12(16)17)13-20(11,18)19/h2-5,13,15H,1H3,(H,16,17). The Kier molecular flexibility index (Phi) is 2.36. The number of aliphatic hydroxyl groups excluding tert-OH is 1. The normalized spacial score (nSPS) is 16.9. The summed E-state index contributed by atoms with van der Waals surface area (Å²) in [5.74, 6) is -2.14. The summed E-state index contributed by atoms with van der Waals surface area (Å²) in [6.45, 7) is 0. The number of aliphatic hydroxyl groups is 1. The van der Waals surface area contributed by atoms with Crippen molar-refractivity contribution < 1.29 is 23.4 Å². The second-order valence-corrected chi connectivity index (χ2v) is 6.01. The van der Waals surface area contributed by atoms with Crippen LogP contribution in [0.25, 0.3) is 16.7 Å². The van der Waals surface area contributed by atoms with Crippen LogP contribution in [0.4, 0.5) is 0 Å². The fraction of sp³-hybridized carbons (Fsp3) is 0.0833. The zero-order valence-corrected chi connectivity index (χ0v) is 11.1. The van der Waals surface area contributed by atoms with Crippen molar-refractivity contribution >= 4 is 32.7 Å². The molecule has 0 spiro atoms. The van der Waals surface area contributed by atoms with Crippen LogP contribution < -0.4 is 4.72 Å². The Morgan fingerprint density at radius 2 is 1.95 bits per heavy atom. The minimum absolute atomic E-state index is 0.0256. The number of nitrogens with zero attached hydrogens (tertiary/aromatic N) is 1. The first-order valence-corrected chi connectivity index (χ1v) is 7.10. The van der Waals surface area contributed by atoms with E-state index in [9.17, 15) is 18.3 Å². The molecule has 3 N–H and O–H groups in total. The van der Waals surface area contributed by atoms with Crippen LogP contribution in [-0.2, 0) is 21.9 Å². The monoisotopic (exact) mass is 294 g/mol. The first-order valence-electron chi connectivity index (χ1n) is 5.61. The predicted octanol–water partition coefficient (Wildman–Crippen LogP) is 0.781. The third-order valence-electron chi connectivity index (χ3n) is 3.24. The summed E-state index contributed by atoms with van der Waals surface area (Å²) >= 11 is 0. The molecule has 0 bridgehead atoms. The summed E-state index contributed by atoms with van der Waals surface area (Å²) in [4.78, 5) is 10.9. The number of carboxylic acid groups (broad SMARTS) is 1. The molecule has 20 heavy (non-hydrogen) atoms. The van der Waals surface area contributed by atoms with Crippen LogP contribution in [0, 0.1) is 0 Å². The van der Waals surface area contributed by atoms with Crippen LogP contribution in [0.2, 0.25) is 0 Å². The van der Waals surface area contributed by atoms with Crippen LogP contribution in [0.5, 0.6) is 0 Å². The van der Waals surface area contributed by atoms with Crippen molar-refractivity contribution in [1.29, 1.82) is 0 Å². The lowest BCUT2D eigenvalue weighted by Gasteiger charge is -2.17. The molecule has 7 nitrogen and oxygen atoms in total. The summed E-state index contributed by atoms with van der Waals surface area (Å²) in [5.41, 5.74) is -0.188. The number of carboxylic acids is 1. The van der Waals surface area contributed by atoms with Gasteiger partial charge in [-0.1, -0.05) is 18.2 Å². The summed E-state index contributed by atoms with van der Waals surface area (Å²) in [6, 6.07) is 6.70. The zero-order chi connectivity index (χ0) is 14.7. The summed E-state index contributed by atoms with van der Waals surface area (Å²) < 4.78 is 27.8. The maximum absolute atomic E-state index is 12.2. The van der Waals surface area contributed by atoms with E-state index < -0.39 is 27.4 Å². The molecule has 0 unspecified atom stereocenters. The molecule has 1 aromatic heterocycles. The van der Waals surface area contributed by atoms with Gasteiger partial charge in [0.15, 0.2) is 11.5 Å². The lowest BCUT2D eigenvalue weighted by molar-refractivity contribution is -0.132. The van der Waals surface area contributed by atoms with Crippen LogP contribution in [0.3, 0.4) is 0 Å². The van der Waals surface area contributed by atoms with Gasteiger partial charge in [-0.25, -0.2) is 13.2 Å². The Hall–Kier alpha value is -2.48. The second-order valence-electron chi connectivity index (χ2n) is 4.39. The van der Waals surface area contributed by atoms with E-state index in [0.717, 1.165) is 0 Å². The van der Waals surface area contributed by atoms with Gasteiger partial charge in [0.25, 0.3) is 10.0 Å². The SMILES string of the molecule is Cn1c2c(c3ccccc31)S(=O)(=O)NC(C(=O)O)=C2O. The number of hydrogen-bond acceptors (Lipinski definition) is 4. The molecule has 1 aliphatic rings. The molecule has 0 aliphatic carbocycles. The Labute approximate surface area is 113 Å². The van der Waals surface area contributed by atoms with Crippen LogP contribution in [-0.4, -0.2) is 29.2 Å². The maximum Gasteiger partial charge on any atom is 0.356 e. The highest BCUT2D eigenvalue weighted by atomic mass is 32.2. The number of hydrogen-bond donors (Lipinski definition) is 3. The number of rotatable bonds is 1. The topological polar surface area (TPSA) is 109 Å². The molecule has 0 radical (unpaired) electrons. The Morgan fingerprint density at radius 1 is 1.30 bits per heavy atom. The molecule has 0 saturated carbocycles. The molecule has 2 aromatic rings. The van der Waals surface area contributed by atoms with Gasteiger partial charge >= 0.3 is 5.97 Å². The van der Waals surface area contributed by atoms with E-state index in [2.05, 4.69) is 0 Å². The van der Waals surface area contributed by atoms with Gasteiger partial charge in [0, 0.05) is 18.0 Å². The molecule has 1 aliphatic heterocycles. The lowest BCUT2D eigenvalue weighted by atomic mass is 10.2. The number of nitrogens with one attached hydrogen (secondary N) is 1. The first kappa shape index (κ1) is 12.5. The quantitative estimate of drug-likeness (QED) is 0.720. The Morgan fingerprint density at radius 3 is 2.60 bits per heavy atom. The average Bonchev–Trinajstić information content (AvgIpc) is 2.69. The molecule has 0 atom stereocenters. The number of carbonyl (C=O) groups is 1. The van der Waals surface area contributed by atoms with Crippen LogP contribution in [0.1, 0.15) is 5.69 Å². The second kappa shape index (κ2) is 3.76. The third-order valence-corrected chi connectivity index (χ3v) is 4.66. The van der Waals surface area contributed by atoms with E-state index >= 15 is 0 Å². The van der Waals surface area contributed by atoms with E-state index in [1.807, 2.05) is 4.72 Å². The van der Waals surface area contributed by atoms with E-state index in [1.54, 1.807) is 31.3 Å². The van der Waals surface area contributed by atoms with E-state index in [0.29, 0.717) is 10.9 Å². The summed E-state index contributed by atoms with van der Waals surface area (Å²) in [5, 5.41) is 19.5. The molecular weight excluding hydrogens is 284 g/mol. The van der Waals surface area contributed by atoms with Crippen molar-refractivity contribution in [1.82, 2.24) is 9.29 Å². The fourth-order valence-electron chi connectivity index (χ4n) is 2.39. The minimum atomic E-state index is -4.04. The van der Waals surface area contributed by atoms with Gasteiger partial charge in [0.1, 0.15) is 10.6 Å². The van der Waals surface area contributed by atoms with Gasteiger partial charge in [-0.05, 0) is 6.07 Å². The van der Waals surface area contributed by atoms with Gasteiger partial charge in [0.05, 0.1) is 0 Å². The van der Waals surface area contributed by atoms with Gasteiger partial charge in [-0.3, -0.25) is 4.72 Å². The molecule has 0 fully saturated rings. The Balaban J connectivity index is 2.55. The number of aryl methyl sites for hydroxylation is 1.